The van der Waals surface area contributed by atoms with E-state index in [1.165, 1.54) is 51.4 Å². The van der Waals surface area contributed by atoms with Crippen molar-refractivity contribution in [1.29, 1.82) is 0 Å². The van der Waals surface area contributed by atoms with Gasteiger partial charge in [-0.1, -0.05) is 64.7 Å². The highest BCUT2D eigenvalue weighted by atomic mass is 31.2. The lowest BCUT2D eigenvalue weighted by Crippen LogP contribution is -2.40. The Morgan fingerprint density at radius 2 is 1.39 bits per heavy atom. The summed E-state index contributed by atoms with van der Waals surface area (Å²) in [7, 11) is 2.22. The quantitative estimate of drug-likeness (QED) is 0.262. The molecule has 0 aromatic carbocycles. The van der Waals surface area contributed by atoms with E-state index in [2.05, 4.69) is 12.0 Å². The van der Waals surface area contributed by atoms with Gasteiger partial charge >= 0.3 is 0 Å². The predicted molar refractivity (Wildman–Crippen MR) is 96.3 cm³/mol. The molecule has 0 saturated carbocycles. The SMILES string of the molecule is CCCCCCCCCCCCOP(=O)([O-])NCC[N+](C)(C)C. The molecule has 0 rings (SSSR count). The topological polar surface area (TPSA) is 61.4 Å². The minimum Gasteiger partial charge on any atom is -0.766 e. The molecule has 0 fully saturated rings. The number of hydrogen-bond acceptors (Lipinski definition) is 3. The average Bonchev–Trinajstić information content (AvgIpc) is 2.43. The van der Waals surface area contributed by atoms with Crippen LogP contribution in [0.1, 0.15) is 71.1 Å². The molecule has 0 bridgehead atoms. The van der Waals surface area contributed by atoms with Gasteiger partial charge in [0.15, 0.2) is 0 Å². The minimum absolute atomic E-state index is 0.300. The number of likely N-dealkylation sites (N-methyl/N-ethyl adjacent to an activating group) is 1. The van der Waals surface area contributed by atoms with Crippen LogP contribution in [0, 0.1) is 0 Å². The number of nitrogens with zero attached hydrogens (tertiary/aromatic N) is 1. The smallest absolute Gasteiger partial charge is 0.204 e. The molecule has 23 heavy (non-hydrogen) atoms. The molecular formula is C17H39N2O3P. The molecular weight excluding hydrogens is 311 g/mol. The van der Waals surface area contributed by atoms with E-state index in [1.54, 1.807) is 0 Å². The average molecular weight is 350 g/mol. The van der Waals surface area contributed by atoms with Gasteiger partial charge < -0.3 is 13.9 Å². The van der Waals surface area contributed by atoms with E-state index in [0.29, 0.717) is 13.2 Å². The zero-order valence-electron chi connectivity index (χ0n) is 15.8. The zero-order chi connectivity index (χ0) is 17.6. The van der Waals surface area contributed by atoms with E-state index >= 15 is 0 Å². The molecule has 0 saturated heterocycles. The summed E-state index contributed by atoms with van der Waals surface area (Å²) >= 11 is 0. The second kappa shape index (κ2) is 13.4. The molecule has 1 unspecified atom stereocenters. The first kappa shape index (κ1) is 23.1. The lowest BCUT2D eigenvalue weighted by atomic mass is 10.1. The lowest BCUT2D eigenvalue weighted by Gasteiger charge is -2.28. The number of nitrogens with one attached hydrogen (secondary N) is 1. The summed E-state index contributed by atoms with van der Waals surface area (Å²) in [6, 6.07) is 0. The van der Waals surface area contributed by atoms with Crippen LogP contribution in [0.4, 0.5) is 0 Å². The van der Waals surface area contributed by atoms with Crippen LogP contribution < -0.4 is 9.98 Å². The van der Waals surface area contributed by atoms with Crippen LogP contribution in [0.5, 0.6) is 0 Å². The fourth-order valence-electron chi connectivity index (χ4n) is 2.34. The highest BCUT2D eigenvalue weighted by molar-refractivity contribution is 7.49. The fraction of sp³-hybridized carbons (Fsp3) is 1.00. The van der Waals surface area contributed by atoms with E-state index < -0.39 is 7.75 Å². The molecule has 0 amide bonds. The van der Waals surface area contributed by atoms with Crippen LogP contribution in [0.3, 0.4) is 0 Å². The van der Waals surface area contributed by atoms with E-state index in [0.717, 1.165) is 23.9 Å². The van der Waals surface area contributed by atoms with Gasteiger partial charge in [-0.25, -0.2) is 0 Å². The zero-order valence-corrected chi connectivity index (χ0v) is 16.7. The highest BCUT2D eigenvalue weighted by Gasteiger charge is 2.11. The number of quaternary nitrogens is 1. The Hall–Kier alpha value is 0.0700. The first-order valence-corrected chi connectivity index (χ1v) is 10.8. The van der Waals surface area contributed by atoms with Crippen molar-refractivity contribution >= 4 is 7.75 Å². The van der Waals surface area contributed by atoms with Crippen LogP contribution in [0.15, 0.2) is 0 Å². The summed E-state index contributed by atoms with van der Waals surface area (Å²) in [5.74, 6) is 0. The van der Waals surface area contributed by atoms with Crippen molar-refractivity contribution in [3.05, 3.63) is 0 Å². The Balaban J connectivity index is 3.40. The third-order valence-corrected chi connectivity index (χ3v) is 4.98. The summed E-state index contributed by atoms with van der Waals surface area (Å²) in [5, 5.41) is 2.51. The number of unbranched alkanes of at least 4 members (excludes halogenated alkanes) is 9. The van der Waals surface area contributed by atoms with Gasteiger partial charge in [0.1, 0.15) is 0 Å². The van der Waals surface area contributed by atoms with Crippen LogP contribution in [0.25, 0.3) is 0 Å². The molecule has 0 aliphatic carbocycles. The largest absolute Gasteiger partial charge is 0.766 e. The molecule has 0 aromatic heterocycles. The minimum atomic E-state index is -3.87. The Kier molecular flexibility index (Phi) is 13.4. The fourth-order valence-corrected chi connectivity index (χ4v) is 3.18. The molecule has 1 N–H and O–H groups in total. The molecule has 1 atom stereocenters. The summed E-state index contributed by atoms with van der Waals surface area (Å²) in [6.07, 6.45) is 12.3. The van der Waals surface area contributed by atoms with E-state index in [9.17, 15) is 9.46 Å². The van der Waals surface area contributed by atoms with Gasteiger partial charge in [0.25, 0.3) is 0 Å². The Bertz CT molecular complexity index is 319. The van der Waals surface area contributed by atoms with Crippen molar-refractivity contribution < 1.29 is 18.5 Å². The van der Waals surface area contributed by atoms with Crippen molar-refractivity contribution in [2.24, 2.45) is 0 Å². The van der Waals surface area contributed by atoms with Gasteiger partial charge in [-0.05, 0) is 6.42 Å². The maximum atomic E-state index is 11.7. The summed E-state index contributed by atoms with van der Waals surface area (Å²) in [6.45, 7) is 3.70. The third kappa shape index (κ3) is 18.3. The molecule has 0 heterocycles. The molecule has 0 radical (unpaired) electrons. The lowest BCUT2D eigenvalue weighted by molar-refractivity contribution is -0.869. The van der Waals surface area contributed by atoms with Crippen LogP contribution in [-0.4, -0.2) is 45.3 Å². The molecule has 0 aliphatic heterocycles. The highest BCUT2D eigenvalue weighted by Crippen LogP contribution is 2.31. The summed E-state index contributed by atoms with van der Waals surface area (Å²) < 4.78 is 17.4. The van der Waals surface area contributed by atoms with Gasteiger partial charge in [-0.3, -0.25) is 9.65 Å². The second-order valence-corrected chi connectivity index (χ2v) is 9.00. The van der Waals surface area contributed by atoms with Gasteiger partial charge in [-0.2, -0.15) is 0 Å². The molecule has 6 heteroatoms. The molecule has 0 aliphatic rings. The monoisotopic (exact) mass is 350 g/mol. The molecule has 0 aromatic rings. The molecule has 140 valence electrons. The van der Waals surface area contributed by atoms with Crippen LogP contribution in [-0.2, 0) is 9.09 Å². The second-order valence-electron chi connectivity index (χ2n) is 7.43. The maximum absolute atomic E-state index is 11.7. The normalized spacial score (nSPS) is 14.8. The molecule has 5 nitrogen and oxygen atoms in total. The van der Waals surface area contributed by atoms with Gasteiger partial charge in [0.05, 0.1) is 40.8 Å². The number of rotatable bonds is 16. The summed E-state index contributed by atoms with van der Waals surface area (Å²) in [5.41, 5.74) is 0. The number of hydrogen-bond donors (Lipinski definition) is 1. The van der Waals surface area contributed by atoms with Gasteiger partial charge in [-0.15, -0.1) is 0 Å². The van der Waals surface area contributed by atoms with Crippen LogP contribution >= 0.6 is 7.75 Å². The van der Waals surface area contributed by atoms with Gasteiger partial charge in [0, 0.05) is 0 Å². The van der Waals surface area contributed by atoms with Gasteiger partial charge in [0.2, 0.25) is 7.75 Å². The van der Waals surface area contributed by atoms with Crippen molar-refractivity contribution in [2.75, 3.05) is 40.8 Å². The Morgan fingerprint density at radius 3 is 1.87 bits per heavy atom. The van der Waals surface area contributed by atoms with Crippen molar-refractivity contribution in [3.63, 3.8) is 0 Å². The standard InChI is InChI=1S/C17H39N2O3P/c1-5-6-7-8-9-10-11-12-13-14-17-22-23(20,21)18-15-16-19(2,3)4/h5-17H2,1-4H3,(H-,18,20,21). The molecule has 0 spiro atoms. The van der Waals surface area contributed by atoms with E-state index in [-0.39, 0.29) is 0 Å². The predicted octanol–water partition coefficient (Wildman–Crippen LogP) is 3.69. The maximum Gasteiger partial charge on any atom is 0.204 e. The first-order valence-electron chi connectivity index (χ1n) is 9.28. The third-order valence-electron chi connectivity index (χ3n) is 3.85. The first-order chi connectivity index (χ1) is 10.8. The van der Waals surface area contributed by atoms with E-state index in [1.807, 2.05) is 21.1 Å². The van der Waals surface area contributed by atoms with Crippen molar-refractivity contribution in [1.82, 2.24) is 5.09 Å². The Morgan fingerprint density at radius 1 is 0.913 bits per heavy atom. The van der Waals surface area contributed by atoms with Crippen molar-refractivity contribution in [2.45, 2.75) is 71.1 Å². The van der Waals surface area contributed by atoms with Crippen molar-refractivity contribution in [3.8, 4) is 0 Å². The summed E-state index contributed by atoms with van der Waals surface area (Å²) in [4.78, 5) is 11.7. The Labute approximate surface area is 144 Å². The van der Waals surface area contributed by atoms with Crippen LogP contribution in [0.2, 0.25) is 0 Å². The van der Waals surface area contributed by atoms with E-state index in [4.69, 9.17) is 4.52 Å².